The lowest BCUT2D eigenvalue weighted by Crippen LogP contribution is -2.32. The summed E-state index contributed by atoms with van der Waals surface area (Å²) in [6, 6.07) is 2.11. The van der Waals surface area contributed by atoms with Gasteiger partial charge in [-0.15, -0.1) is 0 Å². The quantitative estimate of drug-likeness (QED) is 0.742. The lowest BCUT2D eigenvalue weighted by molar-refractivity contribution is -0.130. The zero-order valence-electron chi connectivity index (χ0n) is 11.5. The molecule has 6 heteroatoms. The standard InChI is InChI=1S/C13H21N3OS2/c1-15(9-11-5-8-19-10-11)6-4-13(17)16(2)7-3-12(14)18/h5,8,10H,3-4,6-7,9H2,1-2H3,(H2,14,18). The molecule has 19 heavy (non-hydrogen) atoms. The second kappa shape index (κ2) is 8.24. The van der Waals surface area contributed by atoms with Crippen molar-refractivity contribution in [3.05, 3.63) is 22.4 Å². The molecular formula is C13H21N3OS2. The number of thiophene rings is 1. The van der Waals surface area contributed by atoms with Crippen LogP contribution in [0.2, 0.25) is 0 Å². The molecule has 106 valence electrons. The van der Waals surface area contributed by atoms with Crippen LogP contribution in [0.15, 0.2) is 16.8 Å². The molecule has 1 rings (SSSR count). The fourth-order valence-electron chi connectivity index (χ4n) is 1.65. The van der Waals surface area contributed by atoms with Crippen molar-refractivity contribution in [1.82, 2.24) is 9.80 Å². The van der Waals surface area contributed by atoms with Gasteiger partial charge in [-0.3, -0.25) is 4.79 Å². The summed E-state index contributed by atoms with van der Waals surface area (Å²) < 4.78 is 0. The van der Waals surface area contributed by atoms with E-state index in [2.05, 4.69) is 21.7 Å². The average molecular weight is 299 g/mol. The Kier molecular flexibility index (Phi) is 6.97. The Balaban J connectivity index is 2.23. The van der Waals surface area contributed by atoms with Gasteiger partial charge in [0.25, 0.3) is 0 Å². The van der Waals surface area contributed by atoms with Gasteiger partial charge in [0.2, 0.25) is 5.91 Å². The third-order valence-electron chi connectivity index (χ3n) is 2.86. The van der Waals surface area contributed by atoms with E-state index < -0.39 is 0 Å². The van der Waals surface area contributed by atoms with Crippen LogP contribution in [0.5, 0.6) is 0 Å². The molecule has 0 atom stereocenters. The molecule has 0 spiro atoms. The summed E-state index contributed by atoms with van der Waals surface area (Å²) in [5.41, 5.74) is 6.72. The topological polar surface area (TPSA) is 49.6 Å². The molecule has 0 aliphatic heterocycles. The number of rotatable bonds is 8. The van der Waals surface area contributed by atoms with Crippen LogP contribution in [0.4, 0.5) is 0 Å². The summed E-state index contributed by atoms with van der Waals surface area (Å²) in [7, 11) is 3.82. The van der Waals surface area contributed by atoms with Crippen LogP contribution in [0.25, 0.3) is 0 Å². The van der Waals surface area contributed by atoms with E-state index in [0.29, 0.717) is 24.4 Å². The molecule has 0 bridgehead atoms. The zero-order chi connectivity index (χ0) is 14.3. The van der Waals surface area contributed by atoms with Crippen molar-refractivity contribution in [2.45, 2.75) is 19.4 Å². The summed E-state index contributed by atoms with van der Waals surface area (Å²) in [5.74, 6) is 0.133. The van der Waals surface area contributed by atoms with Gasteiger partial charge in [0.15, 0.2) is 0 Å². The van der Waals surface area contributed by atoms with Crippen LogP contribution in [0.1, 0.15) is 18.4 Å². The largest absolute Gasteiger partial charge is 0.393 e. The van der Waals surface area contributed by atoms with Gasteiger partial charge in [0.1, 0.15) is 0 Å². The van der Waals surface area contributed by atoms with E-state index in [4.69, 9.17) is 18.0 Å². The molecule has 0 saturated carbocycles. The van der Waals surface area contributed by atoms with Crippen LogP contribution in [-0.2, 0) is 11.3 Å². The van der Waals surface area contributed by atoms with Gasteiger partial charge in [-0.25, -0.2) is 0 Å². The molecule has 0 unspecified atom stereocenters. The maximum atomic E-state index is 11.9. The highest BCUT2D eigenvalue weighted by atomic mass is 32.1. The first-order chi connectivity index (χ1) is 8.99. The normalized spacial score (nSPS) is 10.7. The summed E-state index contributed by atoms with van der Waals surface area (Å²) in [5, 5.41) is 4.20. The fraction of sp³-hybridized carbons (Fsp3) is 0.538. The molecule has 1 heterocycles. The Labute approximate surface area is 124 Å². The lowest BCUT2D eigenvalue weighted by atomic mass is 10.3. The Morgan fingerprint density at radius 1 is 1.37 bits per heavy atom. The summed E-state index contributed by atoms with van der Waals surface area (Å²) >= 11 is 6.50. The van der Waals surface area contributed by atoms with E-state index >= 15 is 0 Å². The Morgan fingerprint density at radius 3 is 2.68 bits per heavy atom. The van der Waals surface area contributed by atoms with Crippen molar-refractivity contribution in [2.75, 3.05) is 27.2 Å². The number of hydrogen-bond donors (Lipinski definition) is 1. The molecule has 1 aromatic rings. The first-order valence-electron chi connectivity index (χ1n) is 6.21. The van der Waals surface area contributed by atoms with Crippen LogP contribution in [0.3, 0.4) is 0 Å². The van der Waals surface area contributed by atoms with Crippen molar-refractivity contribution < 1.29 is 4.79 Å². The lowest BCUT2D eigenvalue weighted by Gasteiger charge is -2.20. The number of nitrogens with two attached hydrogens (primary N) is 1. The maximum Gasteiger partial charge on any atom is 0.223 e. The van der Waals surface area contributed by atoms with E-state index in [-0.39, 0.29) is 5.91 Å². The van der Waals surface area contributed by atoms with Crippen LogP contribution < -0.4 is 5.73 Å². The summed E-state index contributed by atoms with van der Waals surface area (Å²) in [6.45, 7) is 2.24. The summed E-state index contributed by atoms with van der Waals surface area (Å²) in [4.78, 5) is 16.2. The van der Waals surface area contributed by atoms with E-state index in [0.717, 1.165) is 13.1 Å². The molecule has 0 fully saturated rings. The Bertz CT molecular complexity index is 406. The number of carbonyl (C=O) groups is 1. The monoisotopic (exact) mass is 299 g/mol. The Hall–Kier alpha value is -0.980. The third-order valence-corrected chi connectivity index (χ3v) is 3.80. The van der Waals surface area contributed by atoms with Crippen molar-refractivity contribution in [1.29, 1.82) is 0 Å². The van der Waals surface area contributed by atoms with Crippen LogP contribution in [-0.4, -0.2) is 47.9 Å². The number of nitrogens with zero attached hydrogens (tertiary/aromatic N) is 2. The van der Waals surface area contributed by atoms with Crippen molar-refractivity contribution in [3.8, 4) is 0 Å². The van der Waals surface area contributed by atoms with E-state index in [1.54, 1.807) is 23.3 Å². The van der Waals surface area contributed by atoms with Gasteiger partial charge >= 0.3 is 0 Å². The molecule has 0 radical (unpaired) electrons. The van der Waals surface area contributed by atoms with Gasteiger partial charge in [-0.05, 0) is 29.4 Å². The third kappa shape index (κ3) is 6.66. The second-order valence-corrected chi connectivity index (χ2v) is 5.96. The molecule has 0 aromatic carbocycles. The minimum absolute atomic E-state index is 0.133. The van der Waals surface area contributed by atoms with Crippen molar-refractivity contribution in [3.63, 3.8) is 0 Å². The SMILES string of the molecule is CN(CCC(=O)N(C)CCC(N)=S)Cc1ccsc1. The predicted molar refractivity (Wildman–Crippen MR) is 84.3 cm³/mol. The van der Waals surface area contributed by atoms with E-state index in [1.807, 2.05) is 7.05 Å². The molecule has 4 nitrogen and oxygen atoms in total. The second-order valence-electron chi connectivity index (χ2n) is 4.65. The summed E-state index contributed by atoms with van der Waals surface area (Å²) in [6.07, 6.45) is 1.11. The van der Waals surface area contributed by atoms with Gasteiger partial charge < -0.3 is 15.5 Å². The van der Waals surface area contributed by atoms with E-state index in [1.165, 1.54) is 5.56 Å². The molecule has 0 aliphatic rings. The van der Waals surface area contributed by atoms with Gasteiger partial charge in [-0.2, -0.15) is 11.3 Å². The predicted octanol–water partition coefficient (Wildman–Crippen LogP) is 1.70. The van der Waals surface area contributed by atoms with Crippen molar-refractivity contribution >= 4 is 34.5 Å². The fourth-order valence-corrected chi connectivity index (χ4v) is 2.40. The van der Waals surface area contributed by atoms with E-state index in [9.17, 15) is 4.79 Å². The highest BCUT2D eigenvalue weighted by Gasteiger charge is 2.10. The molecule has 1 amide bonds. The molecular weight excluding hydrogens is 278 g/mol. The number of carbonyl (C=O) groups excluding carboxylic acids is 1. The molecule has 1 aromatic heterocycles. The first-order valence-corrected chi connectivity index (χ1v) is 7.56. The first kappa shape index (κ1) is 16.1. The maximum absolute atomic E-state index is 11.9. The van der Waals surface area contributed by atoms with Gasteiger partial charge in [-0.1, -0.05) is 12.2 Å². The Morgan fingerprint density at radius 2 is 2.11 bits per heavy atom. The zero-order valence-corrected chi connectivity index (χ0v) is 13.1. The van der Waals surface area contributed by atoms with Crippen LogP contribution >= 0.6 is 23.6 Å². The molecule has 0 aliphatic carbocycles. The van der Waals surface area contributed by atoms with Gasteiger partial charge in [0.05, 0.1) is 4.99 Å². The molecule has 0 saturated heterocycles. The van der Waals surface area contributed by atoms with Gasteiger partial charge in [0, 0.05) is 39.5 Å². The molecule has 2 N–H and O–H groups in total. The van der Waals surface area contributed by atoms with Crippen molar-refractivity contribution in [2.24, 2.45) is 5.73 Å². The number of hydrogen-bond acceptors (Lipinski definition) is 4. The number of amides is 1. The highest BCUT2D eigenvalue weighted by molar-refractivity contribution is 7.80. The average Bonchev–Trinajstić information content (AvgIpc) is 2.85. The minimum Gasteiger partial charge on any atom is -0.393 e. The van der Waals surface area contributed by atoms with Crippen LogP contribution in [0, 0.1) is 0 Å². The smallest absolute Gasteiger partial charge is 0.223 e. The minimum atomic E-state index is 0.133. The highest BCUT2D eigenvalue weighted by Crippen LogP contribution is 2.08. The number of thiocarbonyl (C=S) groups is 1.